The summed E-state index contributed by atoms with van der Waals surface area (Å²) in [4.78, 5) is 0. The molecule has 0 bridgehead atoms. The molecule has 0 saturated carbocycles. The molecule has 44 valence electrons. The molecule has 0 atom stereocenters. The summed E-state index contributed by atoms with van der Waals surface area (Å²) in [7, 11) is 0. The van der Waals surface area contributed by atoms with Crippen LogP contribution in [0.2, 0.25) is 0 Å². The molecular formula is C7H9F. The Morgan fingerprint density at radius 1 is 1.50 bits per heavy atom. The van der Waals surface area contributed by atoms with Crippen molar-refractivity contribution in [3.05, 3.63) is 36.7 Å². The molecule has 0 spiro atoms. The number of halogens is 1. The van der Waals surface area contributed by atoms with Crippen molar-refractivity contribution in [3.63, 3.8) is 0 Å². The van der Waals surface area contributed by atoms with E-state index in [4.69, 9.17) is 0 Å². The summed E-state index contributed by atoms with van der Waals surface area (Å²) in [6.45, 7) is 4.91. The van der Waals surface area contributed by atoms with E-state index >= 15 is 0 Å². The summed E-state index contributed by atoms with van der Waals surface area (Å²) in [6, 6.07) is 0. The molecule has 0 fully saturated rings. The highest BCUT2D eigenvalue weighted by molar-refractivity contribution is 5.12. The summed E-state index contributed by atoms with van der Waals surface area (Å²) in [6.07, 6.45) is 6.46. The minimum absolute atomic E-state index is 0.414. The van der Waals surface area contributed by atoms with Crippen LogP contribution in [0.3, 0.4) is 0 Å². The van der Waals surface area contributed by atoms with E-state index in [2.05, 4.69) is 6.58 Å². The standard InChI is InChI=1S/C7H9F/c1-3-4-5-6-7(2)8/h3-6H,2H2,1H3. The summed E-state index contributed by atoms with van der Waals surface area (Å²) < 4.78 is 11.7. The van der Waals surface area contributed by atoms with Crippen LogP contribution in [0.4, 0.5) is 4.39 Å². The maximum Gasteiger partial charge on any atom is 0.116 e. The van der Waals surface area contributed by atoms with Crippen molar-refractivity contribution in [2.24, 2.45) is 0 Å². The van der Waals surface area contributed by atoms with Crippen molar-refractivity contribution in [2.45, 2.75) is 6.92 Å². The molecule has 0 N–H and O–H groups in total. The molecule has 0 heterocycles. The smallest absolute Gasteiger partial charge is 0.116 e. The van der Waals surface area contributed by atoms with Gasteiger partial charge in [-0.1, -0.05) is 24.8 Å². The van der Waals surface area contributed by atoms with Gasteiger partial charge in [0.1, 0.15) is 5.83 Å². The van der Waals surface area contributed by atoms with Gasteiger partial charge in [0.05, 0.1) is 0 Å². The molecule has 0 aromatic rings. The molecule has 1 heteroatoms. The quantitative estimate of drug-likeness (QED) is 0.481. The van der Waals surface area contributed by atoms with Crippen molar-refractivity contribution in [2.75, 3.05) is 0 Å². The molecule has 0 rings (SSSR count). The Labute approximate surface area is 49.0 Å². The fraction of sp³-hybridized carbons (Fsp3) is 0.143. The van der Waals surface area contributed by atoms with Gasteiger partial charge in [0.25, 0.3) is 0 Å². The first-order chi connectivity index (χ1) is 3.77. The van der Waals surface area contributed by atoms with Crippen molar-refractivity contribution in [3.8, 4) is 0 Å². The first-order valence-electron chi connectivity index (χ1n) is 2.41. The van der Waals surface area contributed by atoms with Gasteiger partial charge >= 0.3 is 0 Å². The lowest BCUT2D eigenvalue weighted by molar-refractivity contribution is 0.671. The maximum atomic E-state index is 11.7. The number of hydrogen-bond donors (Lipinski definition) is 0. The van der Waals surface area contributed by atoms with Gasteiger partial charge in [-0.15, -0.1) is 0 Å². The third-order valence-electron chi connectivity index (χ3n) is 0.581. The van der Waals surface area contributed by atoms with Crippen molar-refractivity contribution in [1.29, 1.82) is 0 Å². The van der Waals surface area contributed by atoms with Crippen LogP contribution in [0.1, 0.15) is 6.92 Å². The fourth-order valence-corrected chi connectivity index (χ4v) is 0.271. The zero-order valence-corrected chi connectivity index (χ0v) is 4.89. The molecule has 0 aliphatic carbocycles. The molecular weight excluding hydrogens is 103 g/mol. The van der Waals surface area contributed by atoms with Crippen LogP contribution < -0.4 is 0 Å². The number of rotatable bonds is 2. The van der Waals surface area contributed by atoms with Gasteiger partial charge in [-0.05, 0) is 13.0 Å². The van der Waals surface area contributed by atoms with Crippen LogP contribution >= 0.6 is 0 Å². The zero-order chi connectivity index (χ0) is 6.41. The summed E-state index contributed by atoms with van der Waals surface area (Å²) in [5.74, 6) is -0.414. The van der Waals surface area contributed by atoms with Crippen LogP contribution in [-0.2, 0) is 0 Å². The molecule has 0 nitrogen and oxygen atoms in total. The molecule has 0 amide bonds. The summed E-state index contributed by atoms with van der Waals surface area (Å²) >= 11 is 0. The van der Waals surface area contributed by atoms with Gasteiger partial charge in [0, 0.05) is 0 Å². The minimum atomic E-state index is -0.414. The molecule has 0 aliphatic rings. The third-order valence-corrected chi connectivity index (χ3v) is 0.581. The summed E-state index contributed by atoms with van der Waals surface area (Å²) in [5.41, 5.74) is 0. The number of allylic oxidation sites excluding steroid dienone is 5. The molecule has 0 unspecified atom stereocenters. The van der Waals surface area contributed by atoms with Gasteiger partial charge < -0.3 is 0 Å². The molecule has 0 radical (unpaired) electrons. The Hall–Kier alpha value is -0.850. The molecule has 0 aromatic carbocycles. The van der Waals surface area contributed by atoms with E-state index in [0.29, 0.717) is 0 Å². The Bertz CT molecular complexity index is 120. The first kappa shape index (κ1) is 7.15. The largest absolute Gasteiger partial charge is 0.208 e. The molecule has 8 heavy (non-hydrogen) atoms. The highest BCUT2D eigenvalue weighted by Crippen LogP contribution is 1.91. The second-order valence-corrected chi connectivity index (χ2v) is 1.33. The molecule has 0 saturated heterocycles. The van der Waals surface area contributed by atoms with Gasteiger partial charge in [-0.3, -0.25) is 0 Å². The van der Waals surface area contributed by atoms with E-state index in [1.165, 1.54) is 6.08 Å². The number of hydrogen-bond acceptors (Lipinski definition) is 0. The van der Waals surface area contributed by atoms with Crippen LogP contribution in [0.5, 0.6) is 0 Å². The van der Waals surface area contributed by atoms with E-state index in [9.17, 15) is 4.39 Å². The lowest BCUT2D eigenvalue weighted by Gasteiger charge is -1.73. The minimum Gasteiger partial charge on any atom is -0.208 e. The Kier molecular flexibility index (Phi) is 3.85. The molecule has 0 aromatic heterocycles. The summed E-state index contributed by atoms with van der Waals surface area (Å²) in [5, 5.41) is 0. The van der Waals surface area contributed by atoms with Gasteiger partial charge in [0.2, 0.25) is 0 Å². The van der Waals surface area contributed by atoms with Crippen molar-refractivity contribution in [1.82, 2.24) is 0 Å². The van der Waals surface area contributed by atoms with E-state index in [0.717, 1.165) is 0 Å². The Morgan fingerprint density at radius 3 is 2.50 bits per heavy atom. The van der Waals surface area contributed by atoms with E-state index < -0.39 is 5.83 Å². The van der Waals surface area contributed by atoms with Crippen molar-refractivity contribution < 1.29 is 4.39 Å². The van der Waals surface area contributed by atoms with Crippen LogP contribution in [0.15, 0.2) is 36.7 Å². The second-order valence-electron chi connectivity index (χ2n) is 1.33. The SMILES string of the molecule is C=C(F)C=CC=CC. The van der Waals surface area contributed by atoms with Crippen LogP contribution in [0, 0.1) is 0 Å². The van der Waals surface area contributed by atoms with Crippen LogP contribution in [0.25, 0.3) is 0 Å². The highest BCUT2D eigenvalue weighted by atomic mass is 19.1. The van der Waals surface area contributed by atoms with Gasteiger partial charge in [-0.2, -0.15) is 0 Å². The molecule has 0 aliphatic heterocycles. The van der Waals surface area contributed by atoms with Gasteiger partial charge in [0.15, 0.2) is 0 Å². The Morgan fingerprint density at radius 2 is 2.12 bits per heavy atom. The fourth-order valence-electron chi connectivity index (χ4n) is 0.271. The highest BCUT2D eigenvalue weighted by Gasteiger charge is 1.72. The lowest BCUT2D eigenvalue weighted by atomic mass is 10.4. The Balaban J connectivity index is 3.50. The average molecular weight is 112 g/mol. The lowest BCUT2D eigenvalue weighted by Crippen LogP contribution is -1.54. The first-order valence-corrected chi connectivity index (χ1v) is 2.41. The van der Waals surface area contributed by atoms with E-state index in [1.807, 2.05) is 13.0 Å². The van der Waals surface area contributed by atoms with E-state index in [-0.39, 0.29) is 0 Å². The van der Waals surface area contributed by atoms with Gasteiger partial charge in [-0.25, -0.2) is 4.39 Å². The predicted octanol–water partition coefficient (Wildman–Crippen LogP) is 2.60. The monoisotopic (exact) mass is 112 g/mol. The third kappa shape index (κ3) is 5.15. The topological polar surface area (TPSA) is 0 Å². The van der Waals surface area contributed by atoms with Crippen molar-refractivity contribution >= 4 is 0 Å². The normalized spacial score (nSPS) is 11.2. The average Bonchev–Trinajstić information content (AvgIpc) is 1.66. The van der Waals surface area contributed by atoms with E-state index in [1.54, 1.807) is 12.2 Å². The maximum absolute atomic E-state index is 11.7. The zero-order valence-electron chi connectivity index (χ0n) is 4.89. The second kappa shape index (κ2) is 4.31. The van der Waals surface area contributed by atoms with Crippen LogP contribution in [-0.4, -0.2) is 0 Å². The predicted molar refractivity (Wildman–Crippen MR) is 34.2 cm³/mol.